The first-order chi connectivity index (χ1) is 10.5. The topological polar surface area (TPSA) is 129 Å². The van der Waals surface area contributed by atoms with E-state index in [1.165, 1.54) is 23.2 Å². The summed E-state index contributed by atoms with van der Waals surface area (Å²) in [6, 6.07) is 2.19. The molecule has 22 heavy (non-hydrogen) atoms. The molecule has 2 N–H and O–H groups in total. The molecule has 1 fully saturated rings. The van der Waals surface area contributed by atoms with Crippen molar-refractivity contribution in [3.05, 3.63) is 28.4 Å². The molecule has 1 aliphatic heterocycles. The highest BCUT2D eigenvalue weighted by atomic mass is 16.6. The van der Waals surface area contributed by atoms with Crippen LogP contribution in [0.4, 0.5) is 5.82 Å². The molecule has 1 atom stereocenters. The van der Waals surface area contributed by atoms with Gasteiger partial charge in [-0.1, -0.05) is 0 Å². The summed E-state index contributed by atoms with van der Waals surface area (Å²) in [5, 5.41) is 10.8. The molecule has 9 heteroatoms. The van der Waals surface area contributed by atoms with Gasteiger partial charge in [0.25, 0.3) is 5.91 Å². The Morgan fingerprint density at radius 1 is 1.50 bits per heavy atom. The number of nitrogens with zero attached hydrogens (tertiary/aromatic N) is 3. The molecule has 0 aliphatic carbocycles. The van der Waals surface area contributed by atoms with Gasteiger partial charge in [-0.05, 0) is 41.3 Å². The van der Waals surface area contributed by atoms with Gasteiger partial charge in [-0.3, -0.25) is 9.59 Å². The van der Waals surface area contributed by atoms with Gasteiger partial charge in [0.1, 0.15) is 12.2 Å². The van der Waals surface area contributed by atoms with Crippen LogP contribution in [0.3, 0.4) is 0 Å². The summed E-state index contributed by atoms with van der Waals surface area (Å²) in [5.41, 5.74) is 5.29. The molecule has 0 unspecified atom stereocenters. The Hall–Kier alpha value is -2.71. The fraction of sp³-hybridized carbons (Fsp3) is 0.462. The molecule has 9 nitrogen and oxygen atoms in total. The highest BCUT2D eigenvalue weighted by Crippen LogP contribution is 2.23. The number of piperidine rings is 1. The number of amides is 2. The molecule has 1 aromatic heterocycles. The summed E-state index contributed by atoms with van der Waals surface area (Å²) in [7, 11) is 0. The molecule has 0 aromatic carbocycles. The van der Waals surface area contributed by atoms with Crippen LogP contribution < -0.4 is 10.5 Å². The highest BCUT2D eigenvalue weighted by molar-refractivity contribution is 5.87. The maximum Gasteiger partial charge on any atom is 0.406 e. The van der Waals surface area contributed by atoms with Crippen LogP contribution in [-0.2, 0) is 9.59 Å². The van der Waals surface area contributed by atoms with Crippen molar-refractivity contribution in [2.75, 3.05) is 13.2 Å². The Morgan fingerprint density at radius 3 is 2.95 bits per heavy atom. The molecule has 2 heterocycles. The van der Waals surface area contributed by atoms with Gasteiger partial charge in [-0.25, -0.2) is 0 Å². The number of carbonyl (C=O) groups excluding carboxylic acids is 2. The third kappa shape index (κ3) is 3.48. The minimum atomic E-state index is -0.688. The molecule has 0 bridgehead atoms. The lowest BCUT2D eigenvalue weighted by Gasteiger charge is -2.33. The fourth-order valence-corrected chi connectivity index (χ4v) is 2.38. The molecule has 2 rings (SSSR count). The molecule has 0 saturated carbocycles. The smallest absolute Gasteiger partial charge is 0.406 e. The summed E-state index contributed by atoms with van der Waals surface area (Å²) in [6.45, 7) is 0.0151. The van der Waals surface area contributed by atoms with Gasteiger partial charge in [0.15, 0.2) is 6.61 Å². The van der Waals surface area contributed by atoms with Crippen LogP contribution in [0, 0.1) is 10.1 Å². The van der Waals surface area contributed by atoms with Gasteiger partial charge in [0.2, 0.25) is 11.7 Å². The SMILES string of the molecule is NC(=O)[C@@H]1CCCCN1C(=O)COc1cccnc1[N+](=O)[O-]. The summed E-state index contributed by atoms with van der Waals surface area (Å²) in [6.07, 6.45) is 3.39. The second-order valence-electron chi connectivity index (χ2n) is 4.87. The average Bonchev–Trinajstić information content (AvgIpc) is 2.52. The van der Waals surface area contributed by atoms with Crippen molar-refractivity contribution < 1.29 is 19.2 Å². The van der Waals surface area contributed by atoms with Crippen LogP contribution in [0.25, 0.3) is 0 Å². The number of ether oxygens (including phenoxy) is 1. The molecule has 0 radical (unpaired) electrons. The maximum absolute atomic E-state index is 12.2. The number of hydrogen-bond donors (Lipinski definition) is 1. The average molecular weight is 308 g/mol. The third-order valence-electron chi connectivity index (χ3n) is 3.43. The fourth-order valence-electron chi connectivity index (χ4n) is 2.38. The lowest BCUT2D eigenvalue weighted by atomic mass is 10.0. The van der Waals surface area contributed by atoms with Crippen LogP contribution in [0.15, 0.2) is 18.3 Å². The Kier molecular flexibility index (Phi) is 4.87. The first-order valence-corrected chi connectivity index (χ1v) is 6.81. The number of rotatable bonds is 5. The molecule has 1 saturated heterocycles. The molecule has 0 spiro atoms. The Balaban J connectivity index is 2.03. The molecular weight excluding hydrogens is 292 g/mol. The zero-order valence-corrected chi connectivity index (χ0v) is 11.8. The van der Waals surface area contributed by atoms with E-state index in [1.54, 1.807) is 0 Å². The lowest BCUT2D eigenvalue weighted by Crippen LogP contribution is -2.51. The summed E-state index contributed by atoms with van der Waals surface area (Å²) in [5.74, 6) is -1.53. The Labute approximate surface area is 126 Å². The van der Waals surface area contributed by atoms with Gasteiger partial charge in [-0.2, -0.15) is 0 Å². The zero-order valence-electron chi connectivity index (χ0n) is 11.8. The predicted octanol–water partition coefficient (Wildman–Crippen LogP) is 0.235. The summed E-state index contributed by atoms with van der Waals surface area (Å²) >= 11 is 0. The lowest BCUT2D eigenvalue weighted by molar-refractivity contribution is -0.390. The number of carbonyl (C=O) groups is 2. The van der Waals surface area contributed by atoms with Crippen LogP contribution in [0.1, 0.15) is 19.3 Å². The number of hydrogen-bond acceptors (Lipinski definition) is 6. The number of likely N-dealkylation sites (tertiary alicyclic amines) is 1. The number of nitro groups is 1. The van der Waals surface area contributed by atoms with Crippen molar-refractivity contribution in [3.63, 3.8) is 0 Å². The van der Waals surface area contributed by atoms with E-state index in [2.05, 4.69) is 4.98 Å². The van der Waals surface area contributed by atoms with Gasteiger partial charge in [0, 0.05) is 6.54 Å². The molecular formula is C13H16N4O5. The number of aromatic nitrogens is 1. The minimum Gasteiger partial charge on any atom is -0.476 e. The van der Waals surface area contributed by atoms with Crippen LogP contribution in [0.5, 0.6) is 5.75 Å². The molecule has 2 amide bonds. The van der Waals surface area contributed by atoms with Gasteiger partial charge in [-0.15, -0.1) is 0 Å². The van der Waals surface area contributed by atoms with E-state index in [0.717, 1.165) is 12.8 Å². The first-order valence-electron chi connectivity index (χ1n) is 6.81. The van der Waals surface area contributed by atoms with E-state index in [0.29, 0.717) is 13.0 Å². The van der Waals surface area contributed by atoms with E-state index in [4.69, 9.17) is 10.5 Å². The van der Waals surface area contributed by atoms with E-state index < -0.39 is 35.2 Å². The number of nitrogens with two attached hydrogens (primary N) is 1. The van der Waals surface area contributed by atoms with E-state index in [9.17, 15) is 19.7 Å². The predicted molar refractivity (Wildman–Crippen MR) is 74.9 cm³/mol. The second kappa shape index (κ2) is 6.83. The van der Waals surface area contributed by atoms with Crippen molar-refractivity contribution in [1.82, 2.24) is 9.88 Å². The van der Waals surface area contributed by atoms with Gasteiger partial charge >= 0.3 is 5.82 Å². The quantitative estimate of drug-likeness (QED) is 0.612. The van der Waals surface area contributed by atoms with Crippen molar-refractivity contribution in [1.29, 1.82) is 0 Å². The first kappa shape index (κ1) is 15.7. The van der Waals surface area contributed by atoms with Gasteiger partial charge < -0.3 is 25.5 Å². The zero-order chi connectivity index (χ0) is 16.1. The van der Waals surface area contributed by atoms with Crippen molar-refractivity contribution in [2.24, 2.45) is 5.73 Å². The summed E-state index contributed by atoms with van der Waals surface area (Å²) in [4.78, 5) is 38.6. The molecule has 1 aromatic rings. The Morgan fingerprint density at radius 2 is 2.27 bits per heavy atom. The highest BCUT2D eigenvalue weighted by Gasteiger charge is 2.31. The largest absolute Gasteiger partial charge is 0.476 e. The third-order valence-corrected chi connectivity index (χ3v) is 3.43. The van der Waals surface area contributed by atoms with E-state index >= 15 is 0 Å². The number of pyridine rings is 1. The molecule has 118 valence electrons. The van der Waals surface area contributed by atoms with E-state index in [-0.39, 0.29) is 5.75 Å². The normalized spacial score (nSPS) is 17.8. The molecule has 1 aliphatic rings. The minimum absolute atomic E-state index is 0.0894. The Bertz CT molecular complexity index is 592. The monoisotopic (exact) mass is 308 g/mol. The second-order valence-corrected chi connectivity index (χ2v) is 4.87. The van der Waals surface area contributed by atoms with Crippen molar-refractivity contribution in [3.8, 4) is 5.75 Å². The van der Waals surface area contributed by atoms with Crippen molar-refractivity contribution in [2.45, 2.75) is 25.3 Å². The van der Waals surface area contributed by atoms with Crippen LogP contribution in [0.2, 0.25) is 0 Å². The van der Waals surface area contributed by atoms with Crippen LogP contribution >= 0.6 is 0 Å². The van der Waals surface area contributed by atoms with Crippen LogP contribution in [-0.4, -0.2) is 45.8 Å². The standard InChI is InChI=1S/C13H16N4O5/c14-12(19)9-4-1-2-7-16(9)11(18)8-22-10-5-3-6-15-13(10)17(20)21/h3,5-6,9H,1-2,4,7-8H2,(H2,14,19)/t9-/m0/s1. The maximum atomic E-state index is 12.2. The van der Waals surface area contributed by atoms with Gasteiger partial charge in [0.05, 0.1) is 0 Å². The van der Waals surface area contributed by atoms with Crippen molar-refractivity contribution >= 4 is 17.6 Å². The van der Waals surface area contributed by atoms with E-state index in [1.807, 2.05) is 0 Å². The summed E-state index contributed by atoms with van der Waals surface area (Å²) < 4.78 is 5.19. The number of primary amides is 1.